The van der Waals surface area contributed by atoms with E-state index in [4.69, 9.17) is 16.2 Å². The van der Waals surface area contributed by atoms with Gasteiger partial charge in [0, 0.05) is 19.4 Å². The van der Waals surface area contributed by atoms with Crippen LogP contribution in [0.5, 0.6) is 0 Å². The Balaban J connectivity index is 4.20. The van der Waals surface area contributed by atoms with Gasteiger partial charge < -0.3 is 47.6 Å². The van der Waals surface area contributed by atoms with Crippen molar-refractivity contribution in [3.05, 3.63) is 0 Å². The number of carbonyl (C=O) groups is 4. The molecule has 0 spiro atoms. The largest absolute Gasteiger partial charge is 0.834 e. The predicted molar refractivity (Wildman–Crippen MR) is 92.1 cm³/mol. The standard InChI is InChI=1S/C16H30N5O7/c1-16(19,15(18)27)6-2-3-7-20-12(24)8-13(28-9-22)21-11(23)5-4-10(17)14(25)26/h10,13H,2-9,17,19H2,1H3,(H2,18,27)(H,20,24)(H,21,23)(H,25,26)/q-1. The van der Waals surface area contributed by atoms with Crippen molar-refractivity contribution in [3.63, 3.8) is 0 Å². The van der Waals surface area contributed by atoms with Gasteiger partial charge in [-0.25, -0.2) is 0 Å². The van der Waals surface area contributed by atoms with Crippen LogP contribution in [0.15, 0.2) is 0 Å². The van der Waals surface area contributed by atoms with Gasteiger partial charge in [-0.2, -0.15) is 0 Å². The highest BCUT2D eigenvalue weighted by Gasteiger charge is 2.24. The number of aliphatic carboxylic acids is 1. The fourth-order valence-electron chi connectivity index (χ4n) is 2.12. The first-order chi connectivity index (χ1) is 13.0. The van der Waals surface area contributed by atoms with Crippen molar-refractivity contribution >= 4 is 23.7 Å². The summed E-state index contributed by atoms with van der Waals surface area (Å²) in [6.07, 6.45) is -0.126. The highest BCUT2D eigenvalue weighted by molar-refractivity contribution is 5.83. The van der Waals surface area contributed by atoms with Crippen LogP contribution in [-0.4, -0.2) is 54.8 Å². The minimum atomic E-state index is -1.37. The lowest BCUT2D eigenvalue weighted by Gasteiger charge is -2.21. The Bertz CT molecular complexity index is 541. The molecule has 12 nitrogen and oxygen atoms in total. The molecule has 3 unspecified atom stereocenters. The number of carboxylic acid groups (broad SMARTS) is 1. The molecule has 0 aromatic carbocycles. The molecule has 0 aliphatic heterocycles. The van der Waals surface area contributed by atoms with Crippen molar-refractivity contribution in [1.29, 1.82) is 0 Å². The van der Waals surface area contributed by atoms with Gasteiger partial charge in [0.2, 0.25) is 17.7 Å². The summed E-state index contributed by atoms with van der Waals surface area (Å²) in [5, 5.41) is 26.2. The average molecular weight is 404 g/mol. The molecule has 0 aromatic rings. The number of carbonyl (C=O) groups excluding carboxylic acids is 4. The van der Waals surface area contributed by atoms with Gasteiger partial charge in [0.15, 0.2) is 0 Å². The van der Waals surface area contributed by atoms with Gasteiger partial charge in [-0.3, -0.25) is 14.4 Å². The van der Waals surface area contributed by atoms with Gasteiger partial charge >= 0.3 is 0 Å². The third-order valence-electron chi connectivity index (χ3n) is 4.02. The lowest BCUT2D eigenvalue weighted by Crippen LogP contribution is -2.68. The van der Waals surface area contributed by atoms with Gasteiger partial charge in [0.1, 0.15) is 12.3 Å². The van der Waals surface area contributed by atoms with Gasteiger partial charge in [-0.15, -0.1) is 0 Å². The molecule has 162 valence electrons. The Labute approximate surface area is 163 Å². The number of quaternary nitrogens is 1. The molecule has 9 N–H and O–H groups in total. The molecule has 0 heterocycles. The zero-order valence-electron chi connectivity index (χ0n) is 16.0. The highest BCUT2D eigenvalue weighted by Crippen LogP contribution is 2.09. The van der Waals surface area contributed by atoms with E-state index in [0.717, 1.165) is 0 Å². The number of ether oxygens (including phenoxy) is 1. The van der Waals surface area contributed by atoms with E-state index in [-0.39, 0.29) is 19.3 Å². The second-order valence-corrected chi connectivity index (χ2v) is 6.69. The molecular weight excluding hydrogens is 374 g/mol. The molecule has 3 atom stereocenters. The Kier molecular flexibility index (Phi) is 11.9. The average Bonchev–Trinajstić information content (AvgIpc) is 2.59. The third kappa shape index (κ3) is 11.4. The highest BCUT2D eigenvalue weighted by atomic mass is 16.6. The summed E-state index contributed by atoms with van der Waals surface area (Å²) in [5.74, 6) is -3.00. The van der Waals surface area contributed by atoms with Crippen LogP contribution in [0.1, 0.15) is 45.4 Å². The van der Waals surface area contributed by atoms with Crippen molar-refractivity contribution in [3.8, 4) is 0 Å². The van der Waals surface area contributed by atoms with Crippen LogP contribution in [0.2, 0.25) is 0 Å². The van der Waals surface area contributed by atoms with Crippen LogP contribution in [0.25, 0.3) is 0 Å². The van der Waals surface area contributed by atoms with Crippen molar-refractivity contribution in [2.45, 2.75) is 63.3 Å². The van der Waals surface area contributed by atoms with Gasteiger partial charge in [0.05, 0.1) is 17.9 Å². The molecule has 3 amide bonds. The molecule has 0 saturated heterocycles. The van der Waals surface area contributed by atoms with E-state index in [1.165, 1.54) is 6.92 Å². The maximum atomic E-state index is 11.9. The second kappa shape index (κ2) is 13.0. The lowest BCUT2D eigenvalue weighted by atomic mass is 9.95. The molecule has 28 heavy (non-hydrogen) atoms. The summed E-state index contributed by atoms with van der Waals surface area (Å²) >= 11 is 0. The number of hydrogen-bond acceptors (Lipinski definition) is 8. The zero-order chi connectivity index (χ0) is 21.7. The number of rotatable bonds is 15. The van der Waals surface area contributed by atoms with Crippen molar-refractivity contribution in [2.24, 2.45) is 11.5 Å². The monoisotopic (exact) mass is 404 g/mol. The van der Waals surface area contributed by atoms with Crippen LogP contribution in [0, 0.1) is 0 Å². The third-order valence-corrected chi connectivity index (χ3v) is 4.02. The topological polar surface area (TPSA) is 227 Å². The fraction of sp³-hybridized carbons (Fsp3) is 0.750. The summed E-state index contributed by atoms with van der Waals surface area (Å²) in [6.45, 7) is 0.878. The molecule has 12 heteroatoms. The first-order valence-corrected chi connectivity index (χ1v) is 8.88. The Hall–Kier alpha value is -2.28. The first kappa shape index (κ1) is 25.7. The molecule has 0 saturated carbocycles. The number of carboxylic acids is 1. The number of unbranched alkanes of at least 4 members (excludes halogenated alkanes) is 1. The van der Waals surface area contributed by atoms with Crippen molar-refractivity contribution in [1.82, 2.24) is 10.6 Å². The summed E-state index contributed by atoms with van der Waals surface area (Å²) in [7, 11) is 0. The molecule has 0 aliphatic carbocycles. The summed E-state index contributed by atoms with van der Waals surface area (Å²) in [4.78, 5) is 45.3. The number of amides is 3. The molecule has 0 fully saturated rings. The van der Waals surface area contributed by atoms with E-state index in [2.05, 4.69) is 16.4 Å². The van der Waals surface area contributed by atoms with E-state index in [1.54, 1.807) is 0 Å². The normalized spacial score (nSPS) is 15.1. The van der Waals surface area contributed by atoms with E-state index in [0.29, 0.717) is 25.8 Å². The SMILES string of the molecule is CC(N)(CCCCNC(=O)CC(NC(=O)CCC([NH3+])C(=O)[O-])OC[O-])C(N)=O. The molecule has 0 bridgehead atoms. The molecule has 0 aromatic heterocycles. The first-order valence-electron chi connectivity index (χ1n) is 8.88. The molecule has 0 rings (SSSR count). The lowest BCUT2D eigenvalue weighted by molar-refractivity contribution is -0.438. The number of nitrogens with one attached hydrogen (secondary N) is 2. The second-order valence-electron chi connectivity index (χ2n) is 6.69. The fourth-order valence-corrected chi connectivity index (χ4v) is 2.12. The summed E-state index contributed by atoms with van der Waals surface area (Å²) < 4.78 is 4.78. The van der Waals surface area contributed by atoms with Crippen LogP contribution >= 0.6 is 0 Å². The van der Waals surface area contributed by atoms with E-state index in [1.807, 2.05) is 0 Å². The summed E-state index contributed by atoms with van der Waals surface area (Å²) in [5.41, 5.74) is 13.1. The minimum absolute atomic E-state index is 0.0458. The van der Waals surface area contributed by atoms with Crippen LogP contribution in [-0.2, 0) is 23.9 Å². The molecule has 0 radical (unpaired) electrons. The Morgan fingerprint density at radius 2 is 1.86 bits per heavy atom. The zero-order valence-corrected chi connectivity index (χ0v) is 16.0. The van der Waals surface area contributed by atoms with Gasteiger partial charge in [0.25, 0.3) is 0 Å². The minimum Gasteiger partial charge on any atom is -0.834 e. The van der Waals surface area contributed by atoms with Gasteiger partial charge in [-0.05, 0) is 33.0 Å². The number of hydrogen-bond donors (Lipinski definition) is 5. The van der Waals surface area contributed by atoms with Crippen LogP contribution < -0.4 is 38.0 Å². The van der Waals surface area contributed by atoms with E-state index >= 15 is 0 Å². The maximum Gasteiger partial charge on any atom is 0.237 e. The van der Waals surface area contributed by atoms with E-state index in [9.17, 15) is 29.4 Å². The maximum absolute atomic E-state index is 11.9. The van der Waals surface area contributed by atoms with Crippen molar-refractivity contribution in [2.75, 3.05) is 13.3 Å². The molecular formula is C16H30N5O7-. The summed E-state index contributed by atoms with van der Waals surface area (Å²) in [6, 6.07) is -1.04. The van der Waals surface area contributed by atoms with Crippen LogP contribution in [0.4, 0.5) is 0 Å². The smallest absolute Gasteiger partial charge is 0.237 e. The number of primary amides is 1. The van der Waals surface area contributed by atoms with Crippen molar-refractivity contribution < 1.29 is 39.9 Å². The number of nitrogens with two attached hydrogens (primary N) is 2. The van der Waals surface area contributed by atoms with Gasteiger partial charge in [-0.1, -0.05) is 0 Å². The Morgan fingerprint density at radius 3 is 2.39 bits per heavy atom. The molecule has 0 aliphatic rings. The quantitative estimate of drug-likeness (QED) is 0.130. The Morgan fingerprint density at radius 1 is 1.21 bits per heavy atom. The van der Waals surface area contributed by atoms with E-state index < -0.39 is 48.3 Å². The predicted octanol–water partition coefficient (Wildman–Crippen LogP) is -5.22. The van der Waals surface area contributed by atoms with Crippen LogP contribution in [0.3, 0.4) is 0 Å².